The smallest absolute Gasteiger partial charge is 0.337 e. The third-order valence-electron chi connectivity index (χ3n) is 5.26. The Morgan fingerprint density at radius 1 is 1.06 bits per heavy atom. The molecule has 9 heteroatoms. The third kappa shape index (κ3) is 3.97. The van der Waals surface area contributed by atoms with E-state index in [-0.39, 0.29) is 11.4 Å². The molecule has 3 heterocycles. The summed E-state index contributed by atoms with van der Waals surface area (Å²) in [5.74, 6) is -0.0551. The summed E-state index contributed by atoms with van der Waals surface area (Å²) in [6.07, 6.45) is 1.49. The van der Waals surface area contributed by atoms with Crippen LogP contribution in [0.2, 0.25) is 0 Å². The van der Waals surface area contributed by atoms with Crippen LogP contribution >= 0.6 is 11.8 Å². The fourth-order valence-corrected chi connectivity index (χ4v) is 4.32. The van der Waals surface area contributed by atoms with E-state index in [1.165, 1.54) is 30.0 Å². The average Bonchev–Trinajstić information content (AvgIpc) is 3.49. The topological polar surface area (TPSA) is 108 Å². The number of furan rings is 1. The minimum atomic E-state index is -0.524. The largest absolute Gasteiger partial charge is 0.465 e. The fraction of sp³-hybridized carbons (Fsp3) is 0.0800. The first kappa shape index (κ1) is 21.6. The summed E-state index contributed by atoms with van der Waals surface area (Å²) in [4.78, 5) is 28.4. The molecule has 2 aliphatic rings. The van der Waals surface area contributed by atoms with Crippen molar-refractivity contribution >= 4 is 45.8 Å². The van der Waals surface area contributed by atoms with Gasteiger partial charge in [0, 0.05) is 11.1 Å². The van der Waals surface area contributed by atoms with E-state index in [0.29, 0.717) is 27.3 Å². The number of hydrazone groups is 1. The van der Waals surface area contributed by atoms with E-state index in [2.05, 4.69) is 10.1 Å². The van der Waals surface area contributed by atoms with Gasteiger partial charge in [-0.2, -0.15) is 15.1 Å². The number of benzene rings is 2. The van der Waals surface area contributed by atoms with Crippen LogP contribution in [0.5, 0.6) is 0 Å². The zero-order valence-electron chi connectivity index (χ0n) is 18.2. The number of rotatable bonds is 4. The first-order valence-corrected chi connectivity index (χ1v) is 11.1. The van der Waals surface area contributed by atoms with Crippen LogP contribution < -0.4 is 0 Å². The molecule has 0 unspecified atom stereocenters. The Morgan fingerprint density at radius 3 is 2.47 bits per heavy atom. The Hall–Kier alpha value is -4.24. The standard InChI is InChI=1S/C25H18N4O4S/c1-14-3-5-16(6-4-14)23-28-29-21(26)19(22(30)27-25(29)34-23)13-18-11-12-20(33-18)15-7-9-17(10-8-15)24(31)32-2/h3-13,26H,1-2H3/b19-13-,26-21?. The van der Waals surface area contributed by atoms with Gasteiger partial charge < -0.3 is 9.15 Å². The molecule has 2 aliphatic heterocycles. The van der Waals surface area contributed by atoms with Gasteiger partial charge in [0.2, 0.25) is 5.17 Å². The fourth-order valence-electron chi connectivity index (χ4n) is 3.42. The highest BCUT2D eigenvalue weighted by molar-refractivity contribution is 8.27. The summed E-state index contributed by atoms with van der Waals surface area (Å²) in [5, 5.41) is 15.4. The molecule has 0 fully saturated rings. The van der Waals surface area contributed by atoms with Crippen LogP contribution in [0.4, 0.5) is 0 Å². The molecule has 1 N–H and O–H groups in total. The Labute approximate surface area is 199 Å². The summed E-state index contributed by atoms with van der Waals surface area (Å²) >= 11 is 1.26. The summed E-state index contributed by atoms with van der Waals surface area (Å²) in [7, 11) is 1.33. The molecule has 3 aromatic rings. The molecule has 168 valence electrons. The number of ether oxygens (including phenoxy) is 1. The Kier molecular flexibility index (Phi) is 5.46. The number of carbonyl (C=O) groups excluding carboxylic acids is 2. The SMILES string of the molecule is COC(=O)c1ccc(-c2ccc(/C=C3/C(=N)N4N=C(c5ccc(C)cc5)SC4=NC3=O)o2)cc1. The van der Waals surface area contributed by atoms with Crippen molar-refractivity contribution in [2.75, 3.05) is 7.11 Å². The van der Waals surface area contributed by atoms with Gasteiger partial charge in [-0.25, -0.2) is 4.79 Å². The summed E-state index contributed by atoms with van der Waals surface area (Å²) in [6, 6.07) is 18.1. The van der Waals surface area contributed by atoms with E-state index in [0.717, 1.165) is 16.7 Å². The number of hydrogen-bond donors (Lipinski definition) is 1. The normalized spacial score (nSPS) is 16.4. The third-order valence-corrected chi connectivity index (χ3v) is 6.21. The quantitative estimate of drug-likeness (QED) is 0.437. The van der Waals surface area contributed by atoms with Gasteiger partial charge in [-0.1, -0.05) is 42.0 Å². The highest BCUT2D eigenvalue weighted by Crippen LogP contribution is 2.31. The molecular weight excluding hydrogens is 452 g/mol. The Morgan fingerprint density at radius 2 is 1.76 bits per heavy atom. The van der Waals surface area contributed by atoms with Crippen molar-refractivity contribution in [2.45, 2.75) is 6.92 Å². The average molecular weight is 471 g/mol. The lowest BCUT2D eigenvalue weighted by Gasteiger charge is -2.19. The maximum absolute atomic E-state index is 12.7. The molecule has 0 aliphatic carbocycles. The van der Waals surface area contributed by atoms with Gasteiger partial charge in [0.25, 0.3) is 5.91 Å². The van der Waals surface area contributed by atoms with Crippen molar-refractivity contribution < 1.29 is 18.7 Å². The molecule has 0 saturated carbocycles. The van der Waals surface area contributed by atoms with Gasteiger partial charge in [0.15, 0.2) is 5.84 Å². The van der Waals surface area contributed by atoms with E-state index >= 15 is 0 Å². The number of methoxy groups -OCH3 is 1. The van der Waals surface area contributed by atoms with Gasteiger partial charge >= 0.3 is 5.97 Å². The van der Waals surface area contributed by atoms with Crippen molar-refractivity contribution in [3.63, 3.8) is 0 Å². The highest BCUT2D eigenvalue weighted by Gasteiger charge is 2.36. The molecule has 34 heavy (non-hydrogen) atoms. The van der Waals surface area contributed by atoms with Crippen molar-refractivity contribution in [1.82, 2.24) is 5.01 Å². The number of hydrogen-bond acceptors (Lipinski definition) is 7. The first-order valence-electron chi connectivity index (χ1n) is 10.3. The molecular formula is C25H18N4O4S. The minimum Gasteiger partial charge on any atom is -0.465 e. The summed E-state index contributed by atoms with van der Waals surface area (Å²) in [6.45, 7) is 2.00. The van der Waals surface area contributed by atoms with Crippen LogP contribution in [-0.4, -0.2) is 40.0 Å². The van der Waals surface area contributed by atoms with Crippen molar-refractivity contribution in [1.29, 1.82) is 5.41 Å². The summed E-state index contributed by atoms with van der Waals surface area (Å²) < 4.78 is 10.6. The zero-order valence-corrected chi connectivity index (χ0v) is 19.1. The van der Waals surface area contributed by atoms with Crippen LogP contribution in [0.25, 0.3) is 17.4 Å². The molecule has 0 radical (unpaired) electrons. The maximum Gasteiger partial charge on any atom is 0.337 e. The molecule has 5 rings (SSSR count). The van der Waals surface area contributed by atoms with Gasteiger partial charge in [0.05, 0.1) is 18.2 Å². The Bertz CT molecular complexity index is 1420. The van der Waals surface area contributed by atoms with E-state index in [9.17, 15) is 9.59 Å². The maximum atomic E-state index is 12.7. The summed E-state index contributed by atoms with van der Waals surface area (Å²) in [5.41, 5.74) is 3.30. The number of nitrogens with zero attached hydrogens (tertiary/aromatic N) is 3. The second-order valence-corrected chi connectivity index (χ2v) is 8.52. The number of thioether (sulfide) groups is 1. The van der Waals surface area contributed by atoms with Crippen molar-refractivity contribution in [3.05, 3.63) is 88.7 Å². The number of esters is 1. The lowest BCUT2D eigenvalue weighted by atomic mass is 10.1. The van der Waals surface area contributed by atoms with Crippen LogP contribution in [0.1, 0.15) is 27.2 Å². The molecule has 0 bridgehead atoms. The molecule has 1 aromatic heterocycles. The number of amides is 1. The first-order chi connectivity index (χ1) is 16.4. The molecule has 0 atom stereocenters. The van der Waals surface area contributed by atoms with Gasteiger partial charge in [-0.3, -0.25) is 10.2 Å². The molecule has 2 aromatic carbocycles. The highest BCUT2D eigenvalue weighted by atomic mass is 32.2. The number of nitrogens with one attached hydrogen (secondary N) is 1. The van der Waals surface area contributed by atoms with E-state index in [1.54, 1.807) is 36.4 Å². The number of amidine groups is 2. The van der Waals surface area contributed by atoms with Crippen molar-refractivity contribution in [3.8, 4) is 11.3 Å². The number of fused-ring (bicyclic) bond motifs is 1. The predicted octanol–water partition coefficient (Wildman–Crippen LogP) is 4.71. The second kappa shape index (κ2) is 8.60. The number of aryl methyl sites for hydroxylation is 1. The monoisotopic (exact) mass is 470 g/mol. The second-order valence-electron chi connectivity index (χ2n) is 7.56. The molecule has 0 saturated heterocycles. The van der Waals surface area contributed by atoms with Crippen LogP contribution in [0, 0.1) is 12.3 Å². The minimum absolute atomic E-state index is 0.0648. The number of carbonyl (C=O) groups is 2. The van der Waals surface area contributed by atoms with Crippen LogP contribution in [-0.2, 0) is 9.53 Å². The molecule has 0 spiro atoms. The van der Waals surface area contributed by atoms with Gasteiger partial charge in [0.1, 0.15) is 16.6 Å². The molecule has 8 nitrogen and oxygen atoms in total. The Balaban J connectivity index is 1.39. The zero-order chi connectivity index (χ0) is 23.8. The van der Waals surface area contributed by atoms with E-state index in [4.69, 9.17) is 14.6 Å². The van der Waals surface area contributed by atoms with Crippen LogP contribution in [0.15, 0.2) is 80.7 Å². The van der Waals surface area contributed by atoms with Gasteiger partial charge in [-0.05, 0) is 49.0 Å². The van der Waals surface area contributed by atoms with E-state index in [1.807, 2.05) is 31.2 Å². The number of aliphatic imine (C=N–C) groups is 1. The molecule has 1 amide bonds. The van der Waals surface area contributed by atoms with Gasteiger partial charge in [-0.15, -0.1) is 0 Å². The predicted molar refractivity (Wildman–Crippen MR) is 131 cm³/mol. The van der Waals surface area contributed by atoms with Crippen LogP contribution in [0.3, 0.4) is 0 Å². The lowest BCUT2D eigenvalue weighted by Crippen LogP contribution is -2.35. The lowest BCUT2D eigenvalue weighted by molar-refractivity contribution is -0.114. The van der Waals surface area contributed by atoms with Crippen molar-refractivity contribution in [2.24, 2.45) is 10.1 Å². The van der Waals surface area contributed by atoms with E-state index < -0.39 is 11.9 Å².